The molecule has 1 aromatic carbocycles. The molecule has 0 aliphatic rings. The molecular formula is C17H20BrN3O2. The molecule has 0 saturated heterocycles. The van der Waals surface area contributed by atoms with E-state index >= 15 is 0 Å². The smallest absolute Gasteiger partial charge is 0.255 e. The number of ether oxygens (including phenoxy) is 1. The highest BCUT2D eigenvalue weighted by atomic mass is 79.9. The van der Waals surface area contributed by atoms with Crippen LogP contribution in [0, 0.1) is 0 Å². The Bertz CT molecular complexity index is 648. The summed E-state index contributed by atoms with van der Waals surface area (Å²) >= 11 is 3.37. The molecule has 2 rings (SSSR count). The van der Waals surface area contributed by atoms with Crippen LogP contribution in [-0.2, 0) is 0 Å². The number of halogens is 1. The zero-order valence-corrected chi connectivity index (χ0v) is 14.8. The van der Waals surface area contributed by atoms with Crippen LogP contribution in [0.3, 0.4) is 0 Å². The molecule has 122 valence electrons. The Balaban J connectivity index is 2.05. The third kappa shape index (κ3) is 5.65. The average Bonchev–Trinajstić information content (AvgIpc) is 2.54. The van der Waals surface area contributed by atoms with Gasteiger partial charge in [-0.2, -0.15) is 0 Å². The average molecular weight is 378 g/mol. The Labute approximate surface area is 144 Å². The van der Waals surface area contributed by atoms with Crippen LogP contribution in [-0.4, -0.2) is 43.0 Å². The molecule has 0 bridgehead atoms. The Kier molecular flexibility index (Phi) is 6.55. The number of carbonyl (C=O) groups excluding carboxylic acids is 1. The zero-order chi connectivity index (χ0) is 16.7. The second-order valence-electron chi connectivity index (χ2n) is 5.33. The molecule has 0 fully saturated rings. The summed E-state index contributed by atoms with van der Waals surface area (Å²) in [6.45, 7) is 1.48. The molecule has 6 heteroatoms. The molecule has 0 atom stereocenters. The van der Waals surface area contributed by atoms with E-state index in [2.05, 4.69) is 31.1 Å². The molecule has 23 heavy (non-hydrogen) atoms. The van der Waals surface area contributed by atoms with Gasteiger partial charge in [-0.3, -0.25) is 4.79 Å². The molecule has 5 nitrogen and oxygen atoms in total. The minimum atomic E-state index is -0.191. The van der Waals surface area contributed by atoms with Crippen LogP contribution in [0.2, 0.25) is 0 Å². The fraction of sp³-hybridized carbons (Fsp3) is 0.294. The van der Waals surface area contributed by atoms with E-state index in [0.29, 0.717) is 23.7 Å². The van der Waals surface area contributed by atoms with Gasteiger partial charge in [0.2, 0.25) is 5.88 Å². The highest BCUT2D eigenvalue weighted by Gasteiger charge is 2.11. The van der Waals surface area contributed by atoms with E-state index in [4.69, 9.17) is 4.74 Å². The highest BCUT2D eigenvalue weighted by molar-refractivity contribution is 9.10. The van der Waals surface area contributed by atoms with E-state index in [9.17, 15) is 4.79 Å². The summed E-state index contributed by atoms with van der Waals surface area (Å²) in [5, 5.41) is 2.85. The fourth-order valence-corrected chi connectivity index (χ4v) is 2.30. The van der Waals surface area contributed by atoms with Crippen LogP contribution < -0.4 is 10.1 Å². The van der Waals surface area contributed by atoms with Crippen molar-refractivity contribution in [2.75, 3.05) is 32.6 Å². The number of rotatable bonds is 7. The quantitative estimate of drug-likeness (QED) is 0.751. The van der Waals surface area contributed by atoms with E-state index in [-0.39, 0.29) is 5.91 Å². The number of nitrogens with one attached hydrogen (secondary N) is 1. The lowest BCUT2D eigenvalue weighted by atomic mass is 10.2. The molecule has 0 aliphatic heterocycles. The van der Waals surface area contributed by atoms with Gasteiger partial charge in [-0.1, -0.05) is 18.2 Å². The van der Waals surface area contributed by atoms with E-state index in [1.807, 2.05) is 32.3 Å². The standard InChI is InChI=1S/C17H20BrN3O2/c1-21(2)9-6-10-23-17-15(11-14(18)12-19-17)20-16(22)13-7-4-3-5-8-13/h3-5,7-8,11-12H,6,9-10H2,1-2H3,(H,20,22). The van der Waals surface area contributed by atoms with Gasteiger partial charge in [0.15, 0.2) is 0 Å². The van der Waals surface area contributed by atoms with Crippen molar-refractivity contribution in [2.45, 2.75) is 6.42 Å². The fourth-order valence-electron chi connectivity index (χ4n) is 1.96. The van der Waals surface area contributed by atoms with Gasteiger partial charge < -0.3 is 15.0 Å². The van der Waals surface area contributed by atoms with Crippen molar-refractivity contribution in [3.05, 3.63) is 52.6 Å². The van der Waals surface area contributed by atoms with Crippen molar-refractivity contribution in [1.82, 2.24) is 9.88 Å². The summed E-state index contributed by atoms with van der Waals surface area (Å²) in [6.07, 6.45) is 2.54. The molecule has 0 aliphatic carbocycles. The lowest BCUT2D eigenvalue weighted by Gasteiger charge is -2.13. The summed E-state index contributed by atoms with van der Waals surface area (Å²) in [4.78, 5) is 18.6. The van der Waals surface area contributed by atoms with Crippen molar-refractivity contribution in [3.8, 4) is 5.88 Å². The summed E-state index contributed by atoms with van der Waals surface area (Å²) < 4.78 is 6.49. The van der Waals surface area contributed by atoms with Crippen LogP contribution in [0.1, 0.15) is 16.8 Å². The largest absolute Gasteiger partial charge is 0.476 e. The van der Waals surface area contributed by atoms with Gasteiger partial charge in [-0.25, -0.2) is 4.98 Å². The summed E-state index contributed by atoms with van der Waals surface area (Å²) in [6, 6.07) is 10.8. The number of anilines is 1. The topological polar surface area (TPSA) is 54.5 Å². The van der Waals surface area contributed by atoms with Crippen LogP contribution in [0.4, 0.5) is 5.69 Å². The second-order valence-corrected chi connectivity index (χ2v) is 6.25. The van der Waals surface area contributed by atoms with Crippen LogP contribution >= 0.6 is 15.9 Å². The van der Waals surface area contributed by atoms with Gasteiger partial charge in [0.25, 0.3) is 5.91 Å². The Morgan fingerprint density at radius 3 is 2.74 bits per heavy atom. The van der Waals surface area contributed by atoms with Crippen LogP contribution in [0.5, 0.6) is 5.88 Å². The molecule has 0 spiro atoms. The first-order chi connectivity index (χ1) is 11.1. The van der Waals surface area contributed by atoms with Gasteiger partial charge in [0.1, 0.15) is 5.69 Å². The van der Waals surface area contributed by atoms with Crippen molar-refractivity contribution in [3.63, 3.8) is 0 Å². The SMILES string of the molecule is CN(C)CCCOc1ncc(Br)cc1NC(=O)c1ccccc1. The first kappa shape index (κ1) is 17.4. The van der Waals surface area contributed by atoms with E-state index in [1.54, 1.807) is 24.4 Å². The van der Waals surface area contributed by atoms with Crippen molar-refractivity contribution >= 4 is 27.5 Å². The Hall–Kier alpha value is -1.92. The molecule has 1 N–H and O–H groups in total. The van der Waals surface area contributed by atoms with Crippen molar-refractivity contribution in [1.29, 1.82) is 0 Å². The normalized spacial score (nSPS) is 10.6. The van der Waals surface area contributed by atoms with Crippen LogP contribution in [0.15, 0.2) is 47.1 Å². The maximum atomic E-state index is 12.3. The third-order valence-corrected chi connectivity index (χ3v) is 3.52. The minimum Gasteiger partial charge on any atom is -0.476 e. The number of aromatic nitrogens is 1. The first-order valence-corrected chi connectivity index (χ1v) is 8.15. The highest BCUT2D eigenvalue weighted by Crippen LogP contribution is 2.26. The monoisotopic (exact) mass is 377 g/mol. The number of hydrogen-bond donors (Lipinski definition) is 1. The summed E-state index contributed by atoms with van der Waals surface area (Å²) in [5.41, 5.74) is 1.14. The predicted octanol–water partition coefficient (Wildman–Crippen LogP) is 3.43. The molecule has 0 radical (unpaired) electrons. The van der Waals surface area contributed by atoms with E-state index in [1.165, 1.54) is 0 Å². The maximum absolute atomic E-state index is 12.3. The minimum absolute atomic E-state index is 0.191. The number of carbonyl (C=O) groups is 1. The lowest BCUT2D eigenvalue weighted by molar-refractivity contribution is 0.102. The molecule has 0 saturated carbocycles. The molecule has 1 aromatic heterocycles. The third-order valence-electron chi connectivity index (χ3n) is 3.09. The Morgan fingerprint density at radius 1 is 1.30 bits per heavy atom. The molecule has 1 amide bonds. The molecular weight excluding hydrogens is 358 g/mol. The van der Waals surface area contributed by atoms with Crippen LogP contribution in [0.25, 0.3) is 0 Å². The number of benzene rings is 1. The molecule has 2 aromatic rings. The summed E-state index contributed by atoms with van der Waals surface area (Å²) in [7, 11) is 4.03. The molecule has 0 unspecified atom stereocenters. The second kappa shape index (κ2) is 8.64. The summed E-state index contributed by atoms with van der Waals surface area (Å²) in [5.74, 6) is 0.236. The van der Waals surface area contributed by atoms with Crippen molar-refractivity contribution < 1.29 is 9.53 Å². The number of amides is 1. The van der Waals surface area contributed by atoms with Gasteiger partial charge in [-0.05, 0) is 54.6 Å². The van der Waals surface area contributed by atoms with Crippen molar-refractivity contribution in [2.24, 2.45) is 0 Å². The van der Waals surface area contributed by atoms with Gasteiger partial charge in [0.05, 0.1) is 6.61 Å². The van der Waals surface area contributed by atoms with E-state index in [0.717, 1.165) is 17.4 Å². The first-order valence-electron chi connectivity index (χ1n) is 7.36. The van der Waals surface area contributed by atoms with E-state index < -0.39 is 0 Å². The van der Waals surface area contributed by atoms with Gasteiger partial charge in [0, 0.05) is 22.8 Å². The number of nitrogens with zero attached hydrogens (tertiary/aromatic N) is 2. The maximum Gasteiger partial charge on any atom is 0.255 e. The Morgan fingerprint density at radius 2 is 2.04 bits per heavy atom. The zero-order valence-electron chi connectivity index (χ0n) is 13.3. The predicted molar refractivity (Wildman–Crippen MR) is 95.0 cm³/mol. The molecule has 1 heterocycles. The van der Waals surface area contributed by atoms with Gasteiger partial charge >= 0.3 is 0 Å². The number of pyridine rings is 1. The van der Waals surface area contributed by atoms with Gasteiger partial charge in [-0.15, -0.1) is 0 Å². The lowest BCUT2D eigenvalue weighted by Crippen LogP contribution is -2.17. The number of hydrogen-bond acceptors (Lipinski definition) is 4.